The van der Waals surface area contributed by atoms with Gasteiger partial charge in [-0.05, 0) is 36.0 Å². The normalized spacial score (nSPS) is 21.2. The SMILES string of the molecule is CC(C)C1CCN(S(=O)(=O)c2cccc(CO)c2)C1. The maximum absolute atomic E-state index is 12.5. The van der Waals surface area contributed by atoms with Crippen LogP contribution in [0.25, 0.3) is 0 Å². The monoisotopic (exact) mass is 283 g/mol. The minimum Gasteiger partial charge on any atom is -0.392 e. The Morgan fingerprint density at radius 1 is 1.42 bits per heavy atom. The number of rotatable bonds is 4. The van der Waals surface area contributed by atoms with E-state index >= 15 is 0 Å². The molecule has 1 aliphatic rings. The third kappa shape index (κ3) is 2.99. The third-order valence-corrected chi connectivity index (χ3v) is 5.71. The second-order valence-electron chi connectivity index (χ2n) is 5.46. The van der Waals surface area contributed by atoms with Gasteiger partial charge in [-0.3, -0.25) is 0 Å². The van der Waals surface area contributed by atoms with E-state index in [1.54, 1.807) is 28.6 Å². The van der Waals surface area contributed by atoms with E-state index in [0.717, 1.165) is 6.42 Å². The smallest absolute Gasteiger partial charge is 0.243 e. The molecule has 106 valence electrons. The second kappa shape index (κ2) is 5.61. The van der Waals surface area contributed by atoms with Gasteiger partial charge in [-0.25, -0.2) is 8.42 Å². The Morgan fingerprint density at radius 2 is 2.16 bits per heavy atom. The van der Waals surface area contributed by atoms with Crippen molar-refractivity contribution in [1.29, 1.82) is 0 Å². The Balaban J connectivity index is 2.23. The number of hydrogen-bond donors (Lipinski definition) is 1. The van der Waals surface area contributed by atoms with Crippen LogP contribution in [0.1, 0.15) is 25.8 Å². The first kappa shape index (κ1) is 14.5. The lowest BCUT2D eigenvalue weighted by Crippen LogP contribution is -2.29. The van der Waals surface area contributed by atoms with Crippen LogP contribution in [0.4, 0.5) is 0 Å². The topological polar surface area (TPSA) is 57.6 Å². The van der Waals surface area contributed by atoms with Crippen molar-refractivity contribution in [3.05, 3.63) is 29.8 Å². The summed E-state index contributed by atoms with van der Waals surface area (Å²) in [5.74, 6) is 0.944. The lowest BCUT2D eigenvalue weighted by atomic mass is 9.96. The van der Waals surface area contributed by atoms with E-state index in [2.05, 4.69) is 13.8 Å². The molecule has 2 rings (SSSR count). The predicted molar refractivity (Wildman–Crippen MR) is 74.1 cm³/mol. The van der Waals surface area contributed by atoms with E-state index in [1.165, 1.54) is 0 Å². The third-order valence-electron chi connectivity index (χ3n) is 3.85. The molecule has 0 bridgehead atoms. The molecule has 0 aliphatic carbocycles. The van der Waals surface area contributed by atoms with Gasteiger partial charge in [0.1, 0.15) is 0 Å². The number of aliphatic hydroxyl groups excluding tert-OH is 1. The van der Waals surface area contributed by atoms with Crippen LogP contribution in [0.15, 0.2) is 29.2 Å². The maximum Gasteiger partial charge on any atom is 0.243 e. The van der Waals surface area contributed by atoms with Gasteiger partial charge in [0.15, 0.2) is 0 Å². The molecule has 0 spiro atoms. The van der Waals surface area contributed by atoms with Crippen LogP contribution in [0.3, 0.4) is 0 Å². The van der Waals surface area contributed by atoms with E-state index in [1.807, 2.05) is 0 Å². The second-order valence-corrected chi connectivity index (χ2v) is 7.40. The molecule has 19 heavy (non-hydrogen) atoms. The van der Waals surface area contributed by atoms with Crippen LogP contribution in [0, 0.1) is 11.8 Å². The summed E-state index contributed by atoms with van der Waals surface area (Å²) in [5, 5.41) is 9.10. The van der Waals surface area contributed by atoms with E-state index < -0.39 is 10.0 Å². The Bertz CT molecular complexity index is 539. The van der Waals surface area contributed by atoms with Crippen LogP contribution < -0.4 is 0 Å². The van der Waals surface area contributed by atoms with Gasteiger partial charge >= 0.3 is 0 Å². The molecular formula is C14H21NO3S. The summed E-state index contributed by atoms with van der Waals surface area (Å²) in [7, 11) is -3.42. The maximum atomic E-state index is 12.5. The van der Waals surface area contributed by atoms with Crippen molar-refractivity contribution in [2.45, 2.75) is 31.8 Å². The lowest BCUT2D eigenvalue weighted by Gasteiger charge is -2.18. The van der Waals surface area contributed by atoms with Gasteiger partial charge in [-0.15, -0.1) is 0 Å². The summed E-state index contributed by atoms with van der Waals surface area (Å²) < 4.78 is 26.6. The highest BCUT2D eigenvalue weighted by atomic mass is 32.2. The number of hydrogen-bond acceptors (Lipinski definition) is 3. The summed E-state index contributed by atoms with van der Waals surface area (Å²) in [5.41, 5.74) is 0.626. The minimum atomic E-state index is -3.42. The fraction of sp³-hybridized carbons (Fsp3) is 0.571. The highest BCUT2D eigenvalue weighted by Crippen LogP contribution is 2.28. The highest BCUT2D eigenvalue weighted by molar-refractivity contribution is 7.89. The zero-order valence-electron chi connectivity index (χ0n) is 11.4. The Morgan fingerprint density at radius 3 is 2.74 bits per heavy atom. The molecule has 5 heteroatoms. The summed E-state index contributed by atoms with van der Waals surface area (Å²) in [6, 6.07) is 6.55. The fourth-order valence-electron chi connectivity index (χ4n) is 2.47. The molecule has 1 aromatic carbocycles. The van der Waals surface area contributed by atoms with Gasteiger partial charge in [-0.2, -0.15) is 4.31 Å². The minimum absolute atomic E-state index is 0.141. The van der Waals surface area contributed by atoms with Gasteiger partial charge in [0.05, 0.1) is 11.5 Å². The molecule has 1 aliphatic heterocycles. The molecule has 1 N–H and O–H groups in total. The van der Waals surface area contributed by atoms with Crippen LogP contribution in [0.2, 0.25) is 0 Å². The molecule has 0 aromatic heterocycles. The zero-order chi connectivity index (χ0) is 14.0. The standard InChI is InChI=1S/C14H21NO3S/c1-11(2)13-6-7-15(9-13)19(17,18)14-5-3-4-12(8-14)10-16/h3-5,8,11,13,16H,6-7,9-10H2,1-2H3. The molecule has 4 nitrogen and oxygen atoms in total. The molecule has 1 fully saturated rings. The average Bonchev–Trinajstić information content (AvgIpc) is 2.89. The Kier molecular flexibility index (Phi) is 4.28. The number of benzene rings is 1. The summed E-state index contributed by atoms with van der Waals surface area (Å²) in [6.07, 6.45) is 0.927. The summed E-state index contributed by atoms with van der Waals surface area (Å²) in [4.78, 5) is 0.281. The van der Waals surface area contributed by atoms with Crippen LogP contribution in [0.5, 0.6) is 0 Å². The molecule has 1 heterocycles. The van der Waals surface area contributed by atoms with Gasteiger partial charge < -0.3 is 5.11 Å². The fourth-order valence-corrected chi connectivity index (χ4v) is 4.05. The predicted octanol–water partition coefficient (Wildman–Crippen LogP) is 1.85. The molecule has 0 radical (unpaired) electrons. The molecule has 0 amide bonds. The van der Waals surface area contributed by atoms with Crippen molar-refractivity contribution in [2.24, 2.45) is 11.8 Å². The van der Waals surface area contributed by atoms with E-state index in [-0.39, 0.29) is 11.5 Å². The number of sulfonamides is 1. The van der Waals surface area contributed by atoms with E-state index in [9.17, 15) is 8.42 Å². The first-order valence-corrected chi connectivity index (χ1v) is 8.09. The van der Waals surface area contributed by atoms with Crippen molar-refractivity contribution >= 4 is 10.0 Å². The molecule has 1 atom stereocenters. The van der Waals surface area contributed by atoms with Crippen molar-refractivity contribution in [1.82, 2.24) is 4.31 Å². The molecule has 1 aromatic rings. The van der Waals surface area contributed by atoms with Gasteiger partial charge in [0.25, 0.3) is 0 Å². The first-order chi connectivity index (χ1) is 8.95. The van der Waals surface area contributed by atoms with Crippen LogP contribution >= 0.6 is 0 Å². The Hall–Kier alpha value is -0.910. The van der Waals surface area contributed by atoms with Crippen LogP contribution in [-0.4, -0.2) is 30.9 Å². The quantitative estimate of drug-likeness (QED) is 0.917. The molecule has 0 saturated carbocycles. The van der Waals surface area contributed by atoms with Crippen molar-refractivity contribution in [3.63, 3.8) is 0 Å². The summed E-state index contributed by atoms with van der Waals surface area (Å²) in [6.45, 7) is 5.32. The van der Waals surface area contributed by atoms with Gasteiger partial charge in [0.2, 0.25) is 10.0 Å². The average molecular weight is 283 g/mol. The van der Waals surface area contributed by atoms with E-state index in [0.29, 0.717) is 30.5 Å². The number of nitrogens with zero attached hydrogens (tertiary/aromatic N) is 1. The molecular weight excluding hydrogens is 262 g/mol. The highest BCUT2D eigenvalue weighted by Gasteiger charge is 2.33. The van der Waals surface area contributed by atoms with Gasteiger partial charge in [-0.1, -0.05) is 26.0 Å². The van der Waals surface area contributed by atoms with Crippen molar-refractivity contribution < 1.29 is 13.5 Å². The first-order valence-electron chi connectivity index (χ1n) is 6.65. The largest absolute Gasteiger partial charge is 0.392 e. The van der Waals surface area contributed by atoms with Crippen molar-refractivity contribution in [2.75, 3.05) is 13.1 Å². The summed E-state index contributed by atoms with van der Waals surface area (Å²) >= 11 is 0. The Labute approximate surface area is 115 Å². The van der Waals surface area contributed by atoms with E-state index in [4.69, 9.17) is 5.11 Å². The molecule has 1 unspecified atom stereocenters. The lowest BCUT2D eigenvalue weighted by molar-refractivity contribution is 0.281. The van der Waals surface area contributed by atoms with Crippen LogP contribution in [-0.2, 0) is 16.6 Å². The van der Waals surface area contributed by atoms with Gasteiger partial charge in [0, 0.05) is 13.1 Å². The number of aliphatic hydroxyl groups is 1. The molecule has 1 saturated heterocycles. The zero-order valence-corrected chi connectivity index (χ0v) is 12.2. The van der Waals surface area contributed by atoms with Crippen molar-refractivity contribution in [3.8, 4) is 0 Å².